The van der Waals surface area contributed by atoms with Crippen LogP contribution in [0.25, 0.3) is 11.1 Å². The average molecular weight is 456 g/mol. The SMILES string of the molecule is C[Si](C)(C)c1ccc(Br)c(-c2cc([Si](C)(C)C)ccc2Br)c1. The first-order valence-electron chi connectivity index (χ1n) is 7.60. The minimum absolute atomic E-state index is 1.17. The van der Waals surface area contributed by atoms with Crippen molar-refractivity contribution in [2.45, 2.75) is 39.3 Å². The van der Waals surface area contributed by atoms with Gasteiger partial charge in [0.25, 0.3) is 0 Å². The summed E-state index contributed by atoms with van der Waals surface area (Å²) in [5.41, 5.74) is 2.60. The van der Waals surface area contributed by atoms with Gasteiger partial charge >= 0.3 is 0 Å². The first-order valence-corrected chi connectivity index (χ1v) is 16.2. The molecule has 22 heavy (non-hydrogen) atoms. The van der Waals surface area contributed by atoms with Crippen LogP contribution in [-0.2, 0) is 0 Å². The summed E-state index contributed by atoms with van der Waals surface area (Å²) >= 11 is 7.50. The summed E-state index contributed by atoms with van der Waals surface area (Å²) < 4.78 is 2.34. The number of hydrogen-bond donors (Lipinski definition) is 0. The highest BCUT2D eigenvalue weighted by Crippen LogP contribution is 2.33. The van der Waals surface area contributed by atoms with E-state index in [1.165, 1.54) is 30.4 Å². The lowest BCUT2D eigenvalue weighted by molar-refractivity contribution is 1.56. The quantitative estimate of drug-likeness (QED) is 0.500. The molecule has 0 N–H and O–H groups in total. The van der Waals surface area contributed by atoms with Gasteiger partial charge in [-0.15, -0.1) is 0 Å². The number of rotatable bonds is 3. The van der Waals surface area contributed by atoms with Crippen molar-refractivity contribution in [1.82, 2.24) is 0 Å². The van der Waals surface area contributed by atoms with Crippen LogP contribution >= 0.6 is 31.9 Å². The van der Waals surface area contributed by atoms with E-state index in [1.54, 1.807) is 0 Å². The van der Waals surface area contributed by atoms with Crippen molar-refractivity contribution < 1.29 is 0 Å². The lowest BCUT2D eigenvalue weighted by Gasteiger charge is -2.21. The van der Waals surface area contributed by atoms with E-state index in [-0.39, 0.29) is 0 Å². The number of halogens is 2. The van der Waals surface area contributed by atoms with E-state index in [9.17, 15) is 0 Å². The predicted octanol–water partition coefficient (Wildman–Crippen LogP) is 5.97. The molecule has 0 aromatic heterocycles. The molecule has 118 valence electrons. The maximum atomic E-state index is 3.75. The number of hydrogen-bond acceptors (Lipinski definition) is 0. The monoisotopic (exact) mass is 454 g/mol. The van der Waals surface area contributed by atoms with E-state index >= 15 is 0 Å². The van der Waals surface area contributed by atoms with Gasteiger partial charge in [-0.1, -0.05) is 106 Å². The summed E-state index contributed by atoms with van der Waals surface area (Å²) in [6.07, 6.45) is 0. The highest BCUT2D eigenvalue weighted by molar-refractivity contribution is 9.11. The highest BCUT2D eigenvalue weighted by atomic mass is 79.9. The second kappa shape index (κ2) is 6.38. The van der Waals surface area contributed by atoms with Gasteiger partial charge in [0, 0.05) is 8.95 Å². The van der Waals surface area contributed by atoms with Gasteiger partial charge in [-0.05, 0) is 23.3 Å². The fourth-order valence-corrected chi connectivity index (χ4v) is 5.64. The van der Waals surface area contributed by atoms with Gasteiger partial charge in [0.05, 0.1) is 16.1 Å². The van der Waals surface area contributed by atoms with Gasteiger partial charge in [-0.2, -0.15) is 0 Å². The van der Waals surface area contributed by atoms with Gasteiger partial charge in [-0.25, -0.2) is 0 Å². The second-order valence-corrected chi connectivity index (χ2v) is 19.8. The fourth-order valence-electron chi connectivity index (χ4n) is 2.40. The fraction of sp³-hybridized carbons (Fsp3) is 0.333. The van der Waals surface area contributed by atoms with Crippen molar-refractivity contribution in [2.24, 2.45) is 0 Å². The minimum Gasteiger partial charge on any atom is -0.0656 e. The molecule has 2 rings (SSSR count). The molecule has 0 heterocycles. The molecule has 2 aromatic rings. The zero-order chi connectivity index (χ0) is 16.7. The Morgan fingerprint density at radius 1 is 0.591 bits per heavy atom. The molecule has 0 radical (unpaired) electrons. The molecule has 0 fully saturated rings. The van der Waals surface area contributed by atoms with Gasteiger partial charge in [0.1, 0.15) is 0 Å². The molecule has 0 nitrogen and oxygen atoms in total. The van der Waals surface area contributed by atoms with E-state index < -0.39 is 16.1 Å². The largest absolute Gasteiger partial charge is 0.0776 e. The Morgan fingerprint density at radius 2 is 0.909 bits per heavy atom. The molecule has 0 saturated heterocycles. The molecule has 0 amide bonds. The van der Waals surface area contributed by atoms with Gasteiger partial charge in [-0.3, -0.25) is 0 Å². The van der Waals surface area contributed by atoms with Crippen molar-refractivity contribution in [3.8, 4) is 11.1 Å². The van der Waals surface area contributed by atoms with Crippen molar-refractivity contribution in [2.75, 3.05) is 0 Å². The van der Waals surface area contributed by atoms with E-state index in [0.717, 1.165) is 0 Å². The van der Waals surface area contributed by atoms with Crippen LogP contribution in [0.2, 0.25) is 39.3 Å². The molecule has 2 aromatic carbocycles. The minimum atomic E-state index is -1.32. The van der Waals surface area contributed by atoms with Crippen LogP contribution in [0, 0.1) is 0 Å². The Balaban J connectivity index is 2.66. The van der Waals surface area contributed by atoms with Gasteiger partial charge < -0.3 is 0 Å². The van der Waals surface area contributed by atoms with Crippen molar-refractivity contribution in [3.63, 3.8) is 0 Å². The van der Waals surface area contributed by atoms with Crippen LogP contribution in [0.1, 0.15) is 0 Å². The van der Waals surface area contributed by atoms with E-state index in [1.807, 2.05) is 0 Å². The lowest BCUT2D eigenvalue weighted by Crippen LogP contribution is -2.38. The summed E-state index contributed by atoms with van der Waals surface area (Å²) in [4.78, 5) is 0. The Hall–Kier alpha value is -0.166. The normalized spacial score (nSPS) is 12.5. The van der Waals surface area contributed by atoms with Crippen molar-refractivity contribution in [3.05, 3.63) is 45.3 Å². The average Bonchev–Trinajstić information content (AvgIpc) is 2.37. The van der Waals surface area contributed by atoms with Crippen molar-refractivity contribution in [1.29, 1.82) is 0 Å². The van der Waals surface area contributed by atoms with Crippen LogP contribution in [-0.4, -0.2) is 16.1 Å². The molecule has 0 aliphatic carbocycles. The van der Waals surface area contributed by atoms with Crippen LogP contribution in [0.15, 0.2) is 45.3 Å². The van der Waals surface area contributed by atoms with E-state index in [2.05, 4.69) is 108 Å². The topological polar surface area (TPSA) is 0 Å². The number of benzene rings is 2. The predicted molar refractivity (Wildman–Crippen MR) is 113 cm³/mol. The molecule has 0 atom stereocenters. The maximum Gasteiger partial charge on any atom is 0.0776 e. The standard InChI is InChI=1S/C18H24Br2Si2/c1-21(2,3)13-7-9-17(19)15(11-13)16-12-14(22(4,5)6)8-10-18(16)20/h7-12H,1-6H3. The van der Waals surface area contributed by atoms with E-state index in [0.29, 0.717) is 0 Å². The van der Waals surface area contributed by atoms with Crippen LogP contribution < -0.4 is 10.4 Å². The van der Waals surface area contributed by atoms with E-state index in [4.69, 9.17) is 0 Å². The molecular weight excluding hydrogens is 432 g/mol. The Bertz CT molecular complexity index is 634. The summed E-state index contributed by atoms with van der Waals surface area (Å²) in [5, 5.41) is 2.99. The first-order chi connectivity index (χ1) is 10.00. The third-order valence-corrected chi connectivity index (χ3v) is 9.42. The molecular formula is C18H24Br2Si2. The summed E-state index contributed by atoms with van der Waals surface area (Å²) in [5.74, 6) is 0. The van der Waals surface area contributed by atoms with Crippen molar-refractivity contribution >= 4 is 58.4 Å². The summed E-state index contributed by atoms with van der Waals surface area (Å²) in [6.45, 7) is 14.4. The zero-order valence-electron chi connectivity index (χ0n) is 14.2. The zero-order valence-corrected chi connectivity index (χ0v) is 19.4. The molecule has 0 aliphatic heterocycles. The smallest absolute Gasteiger partial charge is 0.0656 e. The summed E-state index contributed by atoms with van der Waals surface area (Å²) in [7, 11) is -2.63. The molecule has 4 heteroatoms. The Kier molecular flexibility index (Phi) is 5.27. The third-order valence-electron chi connectivity index (χ3n) is 3.95. The summed E-state index contributed by atoms with van der Waals surface area (Å²) in [6, 6.07) is 13.7. The third kappa shape index (κ3) is 4.02. The Morgan fingerprint density at radius 3 is 1.18 bits per heavy atom. The Labute approximate surface area is 153 Å². The van der Waals surface area contributed by atoms with Crippen LogP contribution in [0.5, 0.6) is 0 Å². The van der Waals surface area contributed by atoms with Crippen LogP contribution in [0.4, 0.5) is 0 Å². The van der Waals surface area contributed by atoms with Gasteiger partial charge in [0.15, 0.2) is 0 Å². The first kappa shape index (κ1) is 18.2. The maximum absolute atomic E-state index is 3.75. The molecule has 0 bridgehead atoms. The lowest BCUT2D eigenvalue weighted by atomic mass is 10.1. The molecule has 0 saturated carbocycles. The molecule has 0 unspecified atom stereocenters. The molecule has 0 spiro atoms. The molecule has 0 aliphatic rings. The highest BCUT2D eigenvalue weighted by Gasteiger charge is 2.21. The van der Waals surface area contributed by atoms with Gasteiger partial charge in [0.2, 0.25) is 0 Å². The second-order valence-electron chi connectivity index (χ2n) is 7.89. The van der Waals surface area contributed by atoms with Crippen LogP contribution in [0.3, 0.4) is 0 Å².